The van der Waals surface area contributed by atoms with Gasteiger partial charge in [0, 0.05) is 0 Å². The molecule has 0 spiro atoms. The Kier molecular flexibility index (Phi) is 4.10. The van der Waals surface area contributed by atoms with Crippen LogP contribution in [0.25, 0.3) is 0 Å². The number of methoxy groups -OCH3 is 1. The maximum Gasteiger partial charge on any atom is 0.263 e. The van der Waals surface area contributed by atoms with Crippen LogP contribution in [0.5, 0.6) is 5.75 Å². The van der Waals surface area contributed by atoms with Gasteiger partial charge in [0.15, 0.2) is 11.6 Å². The van der Waals surface area contributed by atoms with E-state index in [4.69, 9.17) is 16.3 Å². The third-order valence-corrected chi connectivity index (χ3v) is 3.95. The number of benzene rings is 1. The maximum atomic E-state index is 13.5. The average Bonchev–Trinajstić information content (AvgIpc) is 2.38. The lowest BCUT2D eigenvalue weighted by Crippen LogP contribution is -2.14. The van der Waals surface area contributed by atoms with Crippen molar-refractivity contribution in [2.24, 2.45) is 0 Å². The van der Waals surface area contributed by atoms with E-state index < -0.39 is 15.8 Å². The maximum absolute atomic E-state index is 13.5. The zero-order valence-electron chi connectivity index (χ0n) is 10.3. The minimum Gasteiger partial charge on any atom is -0.494 e. The predicted octanol–water partition coefficient (Wildman–Crippen LogP) is 2.68. The number of ether oxygens (including phenoxy) is 1. The fourth-order valence-corrected chi connectivity index (χ4v) is 2.65. The van der Waals surface area contributed by atoms with Crippen LogP contribution in [-0.2, 0) is 10.0 Å². The highest BCUT2D eigenvalue weighted by Crippen LogP contribution is 2.22. The summed E-state index contributed by atoms with van der Waals surface area (Å²) in [5, 5.41) is 0.145. The molecule has 1 heterocycles. The Morgan fingerprint density at radius 1 is 1.30 bits per heavy atom. The molecule has 0 amide bonds. The topological polar surface area (TPSA) is 68.3 Å². The second-order valence-corrected chi connectivity index (χ2v) is 5.82. The zero-order chi connectivity index (χ0) is 14.8. The number of aromatic nitrogens is 1. The van der Waals surface area contributed by atoms with E-state index in [0.29, 0.717) is 0 Å². The first-order valence-corrected chi connectivity index (χ1v) is 7.27. The van der Waals surface area contributed by atoms with Crippen LogP contribution in [0.3, 0.4) is 0 Å². The van der Waals surface area contributed by atoms with Crippen molar-refractivity contribution in [2.75, 3.05) is 11.8 Å². The molecule has 0 aliphatic rings. The van der Waals surface area contributed by atoms with Crippen LogP contribution in [-0.4, -0.2) is 20.5 Å². The summed E-state index contributed by atoms with van der Waals surface area (Å²) in [4.78, 5) is 3.56. The van der Waals surface area contributed by atoms with Crippen LogP contribution in [0.15, 0.2) is 41.3 Å². The number of hydrogen-bond acceptors (Lipinski definition) is 4. The first-order valence-electron chi connectivity index (χ1n) is 5.41. The second kappa shape index (κ2) is 5.64. The van der Waals surface area contributed by atoms with Crippen molar-refractivity contribution in [1.29, 1.82) is 0 Å². The van der Waals surface area contributed by atoms with Gasteiger partial charge in [-0.25, -0.2) is 17.8 Å². The van der Waals surface area contributed by atoms with Gasteiger partial charge in [-0.05, 0) is 30.3 Å². The number of pyridine rings is 1. The molecule has 0 atom stereocenters. The first-order chi connectivity index (χ1) is 9.42. The molecular weight excluding hydrogens is 307 g/mol. The van der Waals surface area contributed by atoms with E-state index in [1.54, 1.807) is 6.07 Å². The number of nitrogens with one attached hydrogen (secondary N) is 1. The van der Waals surface area contributed by atoms with Gasteiger partial charge >= 0.3 is 0 Å². The van der Waals surface area contributed by atoms with Crippen molar-refractivity contribution in [1.82, 2.24) is 4.98 Å². The molecule has 106 valence electrons. The standard InChI is InChI=1S/C12H10ClFN2O3S/c1-19-10-6-5-8(7-9(10)14)20(17,18)16-12-4-2-3-11(13)15-12/h2-7H,1H3,(H,15,16). The molecule has 0 unspecified atom stereocenters. The van der Waals surface area contributed by atoms with Crippen molar-refractivity contribution in [3.8, 4) is 5.75 Å². The first kappa shape index (κ1) is 14.5. The summed E-state index contributed by atoms with van der Waals surface area (Å²) in [7, 11) is -2.65. The van der Waals surface area contributed by atoms with Gasteiger partial charge in [0.2, 0.25) is 0 Å². The van der Waals surface area contributed by atoms with E-state index >= 15 is 0 Å². The van der Waals surface area contributed by atoms with Crippen LogP contribution in [0, 0.1) is 5.82 Å². The zero-order valence-corrected chi connectivity index (χ0v) is 11.9. The van der Waals surface area contributed by atoms with Crippen LogP contribution in [0.4, 0.5) is 10.2 Å². The second-order valence-electron chi connectivity index (χ2n) is 3.75. The molecule has 2 rings (SSSR count). The Labute approximate surface area is 120 Å². The molecule has 0 saturated heterocycles. The molecule has 0 saturated carbocycles. The molecule has 0 radical (unpaired) electrons. The van der Waals surface area contributed by atoms with Gasteiger partial charge in [-0.3, -0.25) is 4.72 Å². The van der Waals surface area contributed by atoms with Gasteiger partial charge in [-0.1, -0.05) is 17.7 Å². The number of halogens is 2. The smallest absolute Gasteiger partial charge is 0.263 e. The highest BCUT2D eigenvalue weighted by molar-refractivity contribution is 7.92. The fraction of sp³-hybridized carbons (Fsp3) is 0.0833. The monoisotopic (exact) mass is 316 g/mol. The summed E-state index contributed by atoms with van der Waals surface area (Å²) >= 11 is 5.66. The summed E-state index contributed by atoms with van der Waals surface area (Å²) in [6.07, 6.45) is 0. The van der Waals surface area contributed by atoms with Crippen LogP contribution < -0.4 is 9.46 Å². The van der Waals surface area contributed by atoms with Crippen molar-refractivity contribution >= 4 is 27.4 Å². The number of nitrogens with zero attached hydrogens (tertiary/aromatic N) is 1. The molecule has 5 nitrogen and oxygen atoms in total. The van der Waals surface area contributed by atoms with Gasteiger partial charge in [0.05, 0.1) is 12.0 Å². The van der Waals surface area contributed by atoms with E-state index in [0.717, 1.165) is 6.07 Å². The van der Waals surface area contributed by atoms with Gasteiger partial charge in [-0.2, -0.15) is 0 Å². The van der Waals surface area contributed by atoms with Crippen molar-refractivity contribution < 1.29 is 17.5 Å². The SMILES string of the molecule is COc1ccc(S(=O)(=O)Nc2cccc(Cl)n2)cc1F. The summed E-state index contributed by atoms with van der Waals surface area (Å²) < 4.78 is 44.6. The summed E-state index contributed by atoms with van der Waals surface area (Å²) in [6.45, 7) is 0. The van der Waals surface area contributed by atoms with Crippen LogP contribution in [0.1, 0.15) is 0 Å². The molecule has 1 N–H and O–H groups in total. The fourth-order valence-electron chi connectivity index (χ4n) is 1.48. The molecule has 2 aromatic rings. The Balaban J connectivity index is 2.33. The molecule has 20 heavy (non-hydrogen) atoms. The third kappa shape index (κ3) is 3.17. The Hall–Kier alpha value is -1.86. The largest absolute Gasteiger partial charge is 0.494 e. The third-order valence-electron chi connectivity index (χ3n) is 2.39. The highest BCUT2D eigenvalue weighted by atomic mass is 35.5. The van der Waals surface area contributed by atoms with E-state index in [1.165, 1.54) is 31.4 Å². The molecule has 0 aliphatic carbocycles. The lowest BCUT2D eigenvalue weighted by molar-refractivity contribution is 0.385. The molecular formula is C12H10ClFN2O3S. The number of rotatable bonds is 4. The quantitative estimate of drug-likeness (QED) is 0.881. The predicted molar refractivity (Wildman–Crippen MR) is 73.0 cm³/mol. The van der Waals surface area contributed by atoms with Gasteiger partial charge < -0.3 is 4.74 Å². The van der Waals surface area contributed by atoms with Crippen molar-refractivity contribution in [3.63, 3.8) is 0 Å². The molecule has 0 aliphatic heterocycles. The van der Waals surface area contributed by atoms with E-state index in [9.17, 15) is 12.8 Å². The summed E-state index contributed by atoms with van der Waals surface area (Å²) in [5.41, 5.74) is 0. The number of anilines is 1. The van der Waals surface area contributed by atoms with E-state index in [-0.39, 0.29) is 21.6 Å². The summed E-state index contributed by atoms with van der Waals surface area (Å²) in [5.74, 6) is -0.756. The molecule has 0 fully saturated rings. The molecule has 8 heteroatoms. The molecule has 1 aromatic carbocycles. The molecule has 0 bridgehead atoms. The minimum atomic E-state index is -3.94. The van der Waals surface area contributed by atoms with E-state index in [1.807, 2.05) is 0 Å². The average molecular weight is 317 g/mol. The Morgan fingerprint density at radius 2 is 2.05 bits per heavy atom. The Morgan fingerprint density at radius 3 is 2.65 bits per heavy atom. The van der Waals surface area contributed by atoms with Crippen molar-refractivity contribution in [2.45, 2.75) is 4.90 Å². The van der Waals surface area contributed by atoms with Crippen molar-refractivity contribution in [3.05, 3.63) is 47.4 Å². The van der Waals surface area contributed by atoms with Gasteiger partial charge in [0.25, 0.3) is 10.0 Å². The van der Waals surface area contributed by atoms with Crippen LogP contribution >= 0.6 is 11.6 Å². The minimum absolute atomic E-state index is 0.0372. The highest BCUT2D eigenvalue weighted by Gasteiger charge is 2.17. The normalized spacial score (nSPS) is 11.2. The molecule has 1 aromatic heterocycles. The van der Waals surface area contributed by atoms with Gasteiger partial charge in [0.1, 0.15) is 11.0 Å². The number of hydrogen-bond donors (Lipinski definition) is 1. The lowest BCUT2D eigenvalue weighted by atomic mass is 10.3. The Bertz CT molecular complexity index is 737. The number of sulfonamides is 1. The van der Waals surface area contributed by atoms with Crippen LogP contribution in [0.2, 0.25) is 5.15 Å². The summed E-state index contributed by atoms with van der Waals surface area (Å²) in [6, 6.07) is 7.81. The van der Waals surface area contributed by atoms with Gasteiger partial charge in [-0.15, -0.1) is 0 Å². The van der Waals surface area contributed by atoms with E-state index in [2.05, 4.69) is 9.71 Å². The lowest BCUT2D eigenvalue weighted by Gasteiger charge is -2.08.